The van der Waals surface area contributed by atoms with Crippen molar-refractivity contribution in [2.45, 2.75) is 128 Å². The van der Waals surface area contributed by atoms with E-state index in [9.17, 15) is 39.0 Å². The first-order valence-corrected chi connectivity index (χ1v) is 22.2. The van der Waals surface area contributed by atoms with Gasteiger partial charge in [-0.05, 0) is 45.4 Å². The van der Waals surface area contributed by atoms with E-state index in [0.717, 1.165) is 6.92 Å². The molecule has 2 aromatic carbocycles. The average molecular weight is 937 g/mol. The summed E-state index contributed by atoms with van der Waals surface area (Å²) in [5.41, 5.74) is -3.49. The third-order valence-electron chi connectivity index (χ3n) is 13.8. The van der Waals surface area contributed by atoms with Crippen LogP contribution in [0, 0.1) is 28.6 Å². The molecule has 3 aliphatic carbocycles. The number of Topliss-reactive ketones (excluding diaryl/α,β-unsaturated/α-hetero) is 2. The second-order valence-electron chi connectivity index (χ2n) is 19.6. The quantitative estimate of drug-likeness (QED) is 0.128. The summed E-state index contributed by atoms with van der Waals surface area (Å²) in [5.74, 6) is -11.6. The SMILES string of the molecule is CC(=O)O[C@@]12CO[C@@H]1C[C@H](O)[C@@]1(C)C(=O)C(=O)C3C(C)[C@@H](OC(=O)[C@H](OC(=O)COC(=O)CCN)[C@@H](NC(=O)OC(C)(C)C)c4ccccc4)C[C@@](O)(C(OC(=O)c4ccccc4)[C@H]21)C3(C)C. The summed E-state index contributed by atoms with van der Waals surface area (Å²) >= 11 is 0. The van der Waals surface area contributed by atoms with E-state index in [1.165, 1.54) is 52.0 Å². The normalized spacial score (nSPS) is 31.6. The van der Waals surface area contributed by atoms with Gasteiger partial charge in [-0.15, -0.1) is 0 Å². The summed E-state index contributed by atoms with van der Waals surface area (Å²) in [4.78, 5) is 111. The van der Waals surface area contributed by atoms with Crippen molar-refractivity contribution in [2.75, 3.05) is 19.8 Å². The number of ketones is 2. The first kappa shape index (κ1) is 50.6. The molecule has 0 aromatic heterocycles. The Morgan fingerprint density at radius 1 is 0.940 bits per heavy atom. The Labute approximate surface area is 387 Å². The van der Waals surface area contributed by atoms with Gasteiger partial charge in [0.15, 0.2) is 12.2 Å². The fourth-order valence-electron chi connectivity index (χ4n) is 10.5. The van der Waals surface area contributed by atoms with E-state index in [1.807, 2.05) is 0 Å². The maximum atomic E-state index is 15.1. The van der Waals surface area contributed by atoms with Crippen LogP contribution >= 0.6 is 0 Å². The average Bonchev–Trinajstić information content (AvgIpc) is 3.25. The Bertz CT molecular complexity index is 2250. The van der Waals surface area contributed by atoms with Crippen LogP contribution in [0.3, 0.4) is 0 Å². The highest BCUT2D eigenvalue weighted by Gasteiger charge is 2.79. The zero-order valence-electron chi connectivity index (χ0n) is 38.8. The van der Waals surface area contributed by atoms with Gasteiger partial charge in [0.25, 0.3) is 0 Å². The smallest absolute Gasteiger partial charge is 0.408 e. The van der Waals surface area contributed by atoms with Gasteiger partial charge in [-0.1, -0.05) is 69.3 Å². The lowest BCUT2D eigenvalue weighted by atomic mass is 9.42. The van der Waals surface area contributed by atoms with E-state index >= 15 is 9.59 Å². The number of amides is 1. The van der Waals surface area contributed by atoms with Crippen LogP contribution in [0.15, 0.2) is 60.7 Å². The molecule has 4 fully saturated rings. The molecule has 0 radical (unpaired) electrons. The van der Waals surface area contributed by atoms with Crippen molar-refractivity contribution >= 4 is 47.5 Å². The van der Waals surface area contributed by atoms with Crippen molar-refractivity contribution in [3.63, 3.8) is 0 Å². The third kappa shape index (κ3) is 9.55. The van der Waals surface area contributed by atoms with Crippen molar-refractivity contribution in [2.24, 2.45) is 34.3 Å². The minimum atomic E-state index is -2.47. The number of ether oxygens (including phenoxy) is 7. The number of rotatable bonds is 13. The predicted molar refractivity (Wildman–Crippen MR) is 231 cm³/mol. The Hall–Kier alpha value is -5.76. The molecule has 67 heavy (non-hydrogen) atoms. The maximum Gasteiger partial charge on any atom is 0.408 e. The molecular weight excluding hydrogens is 877 g/mol. The molecule has 3 unspecified atom stereocenters. The van der Waals surface area contributed by atoms with Gasteiger partial charge < -0.3 is 54.4 Å². The molecule has 19 heteroatoms. The van der Waals surface area contributed by atoms with Crippen molar-refractivity contribution in [3.05, 3.63) is 71.8 Å². The van der Waals surface area contributed by atoms with Gasteiger partial charge in [-0.2, -0.15) is 0 Å². The number of alkyl carbamates (subject to hydrolysis) is 1. The van der Waals surface area contributed by atoms with Crippen molar-refractivity contribution in [1.29, 1.82) is 0 Å². The summed E-state index contributed by atoms with van der Waals surface area (Å²) in [7, 11) is 0. The number of fused-ring (bicyclic) bond motifs is 5. The largest absolute Gasteiger partial charge is 0.459 e. The number of carbonyl (C=O) groups is 8. The Morgan fingerprint density at radius 2 is 1.57 bits per heavy atom. The van der Waals surface area contributed by atoms with E-state index in [1.54, 1.807) is 57.2 Å². The number of nitrogens with two attached hydrogens (primary N) is 1. The zero-order valence-corrected chi connectivity index (χ0v) is 38.8. The summed E-state index contributed by atoms with van der Waals surface area (Å²) in [6.07, 6.45) is -10.4. The first-order valence-electron chi connectivity index (χ1n) is 22.2. The van der Waals surface area contributed by atoms with Crippen LogP contribution in [0.5, 0.6) is 0 Å². The van der Waals surface area contributed by atoms with Crippen molar-refractivity contribution in [3.8, 4) is 0 Å². The lowest BCUT2D eigenvalue weighted by molar-refractivity contribution is -0.350. The summed E-state index contributed by atoms with van der Waals surface area (Å²) < 4.78 is 40.6. The van der Waals surface area contributed by atoms with Gasteiger partial charge in [0.05, 0.1) is 36.0 Å². The molecule has 3 saturated carbocycles. The topological polar surface area (TPSA) is 280 Å². The predicted octanol–water partition coefficient (Wildman–Crippen LogP) is 2.85. The molecule has 1 amide bonds. The van der Waals surface area contributed by atoms with Crippen molar-refractivity contribution < 1.29 is 81.7 Å². The molecule has 6 rings (SSSR count). The molecule has 19 nitrogen and oxygen atoms in total. The number of nitrogens with one attached hydrogen (secondary N) is 1. The molecular formula is C48H60N2O17. The molecule has 12 atom stereocenters. The molecule has 4 aliphatic rings. The number of aliphatic hydroxyl groups excluding tert-OH is 1. The van der Waals surface area contributed by atoms with Crippen LogP contribution in [0.4, 0.5) is 4.79 Å². The Balaban J connectivity index is 1.49. The molecule has 2 bridgehead atoms. The molecule has 1 saturated heterocycles. The van der Waals surface area contributed by atoms with Crippen LogP contribution in [0.1, 0.15) is 96.6 Å². The second kappa shape index (κ2) is 19.1. The highest BCUT2D eigenvalue weighted by Crippen LogP contribution is 2.64. The summed E-state index contributed by atoms with van der Waals surface area (Å²) in [6, 6.07) is 14.0. The second-order valence-corrected chi connectivity index (χ2v) is 19.6. The standard InChI is InChI=1S/C48H60N2O17/c1-25-29(63-42(58)37(64-33(54)23-61-32(53)19-20-49)35(27-15-11-9-12-16-27)50-43(59)67-44(3,4)5)22-48(60)40(65-41(57)28-17-13-10-14-18-28)38-46(8,39(56)36(55)34(25)45(48,6)7)30(52)21-31-47(38,24-62-31)66-26(2)51/h9-18,25,29-31,34-35,37-38,40,52,60H,19-24,49H2,1-8H3,(H,50,59)/t25?,29-,30-,31+,34?,35-,37+,38-,40?,46+,47-,48+/m0/s1. The van der Waals surface area contributed by atoms with Crippen LogP contribution in [-0.2, 0) is 61.9 Å². The molecule has 1 heterocycles. The fraction of sp³-hybridized carbons (Fsp3) is 0.583. The third-order valence-corrected chi connectivity index (χ3v) is 13.8. The van der Waals surface area contributed by atoms with Crippen LogP contribution in [-0.4, -0.2) is 125 Å². The number of esters is 5. The Morgan fingerprint density at radius 3 is 2.13 bits per heavy atom. The van der Waals surface area contributed by atoms with Gasteiger partial charge in [0.2, 0.25) is 17.7 Å². The zero-order chi connectivity index (χ0) is 49.4. The Kier molecular flexibility index (Phi) is 14.4. The minimum absolute atomic E-state index is 0.0286. The number of carbonyl (C=O) groups excluding carboxylic acids is 8. The number of hydrogen-bond donors (Lipinski definition) is 4. The molecule has 5 N–H and O–H groups in total. The highest BCUT2D eigenvalue weighted by molar-refractivity contribution is 6.40. The monoisotopic (exact) mass is 936 g/mol. The number of hydrogen-bond acceptors (Lipinski definition) is 18. The maximum absolute atomic E-state index is 15.1. The van der Waals surface area contributed by atoms with Crippen molar-refractivity contribution in [1.82, 2.24) is 5.32 Å². The van der Waals surface area contributed by atoms with E-state index in [2.05, 4.69) is 5.32 Å². The molecule has 0 spiro atoms. The van der Waals surface area contributed by atoms with E-state index in [0.29, 0.717) is 0 Å². The van der Waals surface area contributed by atoms with Gasteiger partial charge in [0.1, 0.15) is 35.6 Å². The van der Waals surface area contributed by atoms with Gasteiger partial charge in [-0.3, -0.25) is 19.2 Å². The fourth-order valence-corrected chi connectivity index (χ4v) is 10.5. The number of aliphatic hydroxyl groups is 2. The van der Waals surface area contributed by atoms with Gasteiger partial charge in [-0.25, -0.2) is 19.2 Å². The highest BCUT2D eigenvalue weighted by atomic mass is 16.6. The van der Waals surface area contributed by atoms with E-state index in [4.69, 9.17) is 38.9 Å². The van der Waals surface area contributed by atoms with Crippen LogP contribution in [0.2, 0.25) is 0 Å². The molecule has 364 valence electrons. The van der Waals surface area contributed by atoms with Crippen LogP contribution in [0.25, 0.3) is 0 Å². The first-order chi connectivity index (χ1) is 31.3. The summed E-state index contributed by atoms with van der Waals surface area (Å²) in [5, 5.41) is 28.2. The molecule has 2 aromatic rings. The van der Waals surface area contributed by atoms with E-state index in [-0.39, 0.29) is 37.1 Å². The van der Waals surface area contributed by atoms with Crippen LogP contribution < -0.4 is 11.1 Å². The lowest BCUT2D eigenvalue weighted by Crippen LogP contribution is -2.82. The van der Waals surface area contributed by atoms with E-state index < -0.39 is 142 Å². The summed E-state index contributed by atoms with van der Waals surface area (Å²) in [6.45, 7) is 10.3. The lowest BCUT2D eigenvalue weighted by Gasteiger charge is -2.67. The minimum Gasteiger partial charge on any atom is -0.459 e. The molecule has 1 aliphatic heterocycles. The van der Waals surface area contributed by atoms with Gasteiger partial charge in [0, 0.05) is 43.6 Å². The number of benzene rings is 2. The van der Waals surface area contributed by atoms with Gasteiger partial charge >= 0.3 is 35.9 Å².